The second kappa shape index (κ2) is 10.8. The Balaban J connectivity index is 1.43. The number of hydrogen-bond acceptors (Lipinski definition) is 7. The molecule has 1 unspecified atom stereocenters. The van der Waals surface area contributed by atoms with Crippen molar-refractivity contribution in [3.8, 4) is 6.07 Å². The molecule has 2 aliphatic rings. The van der Waals surface area contributed by atoms with Crippen LogP contribution < -0.4 is 5.32 Å². The number of fused-ring (bicyclic) bond motifs is 1. The zero-order chi connectivity index (χ0) is 29.5. The highest BCUT2D eigenvalue weighted by molar-refractivity contribution is 8.18. The molecule has 3 heterocycles. The standard InChI is InChI=1S/C26H20F6N6O2S/c27-25(28,29)16-3-2-15(19(9-16)26(30,31)32)11-38-21-4-1-14(7-18(21)20(10-33)36-38)8-22-23(40)35-24(41-22)37-6-5-34-17(12-37)13-39/h1-4,7-9,17,34,39H,5-6,11-13H2/b22-8+. The normalized spacial score (nSPS) is 19.2. The highest BCUT2D eigenvalue weighted by Crippen LogP contribution is 2.38. The van der Waals surface area contributed by atoms with Gasteiger partial charge in [0.2, 0.25) is 0 Å². The molecule has 0 aliphatic carbocycles. The first-order chi connectivity index (χ1) is 19.4. The van der Waals surface area contributed by atoms with Gasteiger partial charge in [0.1, 0.15) is 6.07 Å². The molecule has 3 aromatic rings. The number of benzene rings is 2. The van der Waals surface area contributed by atoms with E-state index in [9.17, 15) is 41.5 Å². The van der Waals surface area contributed by atoms with Crippen molar-refractivity contribution < 1.29 is 36.2 Å². The Hall–Kier alpha value is -3.87. The minimum atomic E-state index is -5.05. The molecule has 1 saturated heterocycles. The van der Waals surface area contributed by atoms with Gasteiger partial charge in [0, 0.05) is 31.1 Å². The van der Waals surface area contributed by atoms with E-state index in [0.717, 1.165) is 10.7 Å². The lowest BCUT2D eigenvalue weighted by atomic mass is 10.0. The van der Waals surface area contributed by atoms with Crippen LogP contribution in [0.4, 0.5) is 26.3 Å². The number of aliphatic imine (C=N–C) groups is 1. The lowest BCUT2D eigenvalue weighted by molar-refractivity contribution is -0.143. The number of aromatic nitrogens is 2. The number of amides is 1. The third kappa shape index (κ3) is 5.95. The fourth-order valence-corrected chi connectivity index (χ4v) is 5.56. The molecule has 0 bridgehead atoms. The minimum Gasteiger partial charge on any atom is -0.395 e. The summed E-state index contributed by atoms with van der Waals surface area (Å²) < 4.78 is 81.3. The van der Waals surface area contributed by atoms with E-state index in [1.165, 1.54) is 17.8 Å². The number of thioether (sulfide) groups is 1. The quantitative estimate of drug-likeness (QED) is 0.344. The number of halogens is 6. The van der Waals surface area contributed by atoms with Crippen molar-refractivity contribution in [3.05, 3.63) is 69.3 Å². The van der Waals surface area contributed by atoms with Crippen LogP contribution in [0.1, 0.15) is 27.9 Å². The number of carbonyl (C=O) groups is 1. The van der Waals surface area contributed by atoms with Crippen molar-refractivity contribution in [2.75, 3.05) is 26.2 Å². The van der Waals surface area contributed by atoms with E-state index in [2.05, 4.69) is 15.4 Å². The number of amidine groups is 1. The molecular weight excluding hydrogens is 574 g/mol. The van der Waals surface area contributed by atoms with Gasteiger partial charge in [-0.3, -0.25) is 9.48 Å². The van der Waals surface area contributed by atoms with Gasteiger partial charge >= 0.3 is 12.4 Å². The Bertz CT molecular complexity index is 1620. The van der Waals surface area contributed by atoms with Crippen molar-refractivity contribution >= 4 is 39.8 Å². The average Bonchev–Trinajstić information content (AvgIpc) is 3.47. The first-order valence-electron chi connectivity index (χ1n) is 12.2. The summed E-state index contributed by atoms with van der Waals surface area (Å²) in [6.07, 6.45) is -8.43. The van der Waals surface area contributed by atoms with Crippen molar-refractivity contribution in [1.82, 2.24) is 20.0 Å². The van der Waals surface area contributed by atoms with E-state index >= 15 is 0 Å². The van der Waals surface area contributed by atoms with Gasteiger partial charge in [-0.05, 0) is 53.2 Å². The van der Waals surface area contributed by atoms with Gasteiger partial charge in [0.25, 0.3) is 5.91 Å². The van der Waals surface area contributed by atoms with Crippen LogP contribution in [0.15, 0.2) is 46.3 Å². The van der Waals surface area contributed by atoms with Gasteiger partial charge < -0.3 is 15.3 Å². The number of rotatable bonds is 4. The molecule has 1 fully saturated rings. The molecule has 41 heavy (non-hydrogen) atoms. The first kappa shape index (κ1) is 28.7. The topological polar surface area (TPSA) is 107 Å². The highest BCUT2D eigenvalue weighted by Gasteiger charge is 2.38. The predicted molar refractivity (Wildman–Crippen MR) is 138 cm³/mol. The van der Waals surface area contributed by atoms with Crippen LogP contribution in [0.3, 0.4) is 0 Å². The van der Waals surface area contributed by atoms with Gasteiger partial charge in [-0.2, -0.15) is 41.7 Å². The van der Waals surface area contributed by atoms with Gasteiger partial charge in [-0.25, -0.2) is 0 Å². The Morgan fingerprint density at radius 2 is 1.93 bits per heavy atom. The second-order valence-corrected chi connectivity index (χ2v) is 10.4. The lowest BCUT2D eigenvalue weighted by Crippen LogP contribution is -2.53. The largest absolute Gasteiger partial charge is 0.416 e. The van der Waals surface area contributed by atoms with Crippen molar-refractivity contribution in [1.29, 1.82) is 5.26 Å². The molecule has 214 valence electrons. The van der Waals surface area contributed by atoms with Crippen LogP contribution in [0.5, 0.6) is 0 Å². The first-order valence-corrected chi connectivity index (χ1v) is 13.0. The van der Waals surface area contributed by atoms with E-state index in [1.54, 1.807) is 18.2 Å². The number of nitrogens with one attached hydrogen (secondary N) is 1. The van der Waals surface area contributed by atoms with Crippen molar-refractivity contribution in [3.63, 3.8) is 0 Å². The summed E-state index contributed by atoms with van der Waals surface area (Å²) in [5.74, 6) is -0.456. The van der Waals surface area contributed by atoms with E-state index in [4.69, 9.17) is 0 Å². The van der Waals surface area contributed by atoms with Gasteiger partial charge in [0.05, 0.1) is 34.7 Å². The molecule has 1 amide bonds. The summed E-state index contributed by atoms with van der Waals surface area (Å²) in [6.45, 7) is 1.11. The Morgan fingerprint density at radius 1 is 1.15 bits per heavy atom. The van der Waals surface area contributed by atoms with Crippen LogP contribution >= 0.6 is 11.8 Å². The van der Waals surface area contributed by atoms with E-state index in [-0.39, 0.29) is 29.9 Å². The highest BCUT2D eigenvalue weighted by atomic mass is 32.2. The number of aliphatic hydroxyl groups excluding tert-OH is 1. The molecule has 2 aliphatic heterocycles. The minimum absolute atomic E-state index is 0.0591. The van der Waals surface area contributed by atoms with Crippen LogP contribution in [0.25, 0.3) is 17.0 Å². The van der Waals surface area contributed by atoms with Crippen LogP contribution in [-0.4, -0.2) is 63.1 Å². The summed E-state index contributed by atoms with van der Waals surface area (Å²) in [6, 6.07) is 7.79. The summed E-state index contributed by atoms with van der Waals surface area (Å²) >= 11 is 1.17. The van der Waals surface area contributed by atoms with Crippen LogP contribution in [0.2, 0.25) is 0 Å². The van der Waals surface area contributed by atoms with Crippen molar-refractivity contribution in [2.24, 2.45) is 4.99 Å². The SMILES string of the molecule is N#Cc1nn(Cc2ccc(C(F)(F)F)cc2C(F)(F)F)c2ccc(/C=C3/SC(N4CCNC(CO)C4)=NC3=O)cc12. The molecule has 2 N–H and O–H groups in total. The predicted octanol–water partition coefficient (Wildman–Crippen LogP) is 4.23. The van der Waals surface area contributed by atoms with Gasteiger partial charge in [0.15, 0.2) is 10.9 Å². The third-order valence-electron chi connectivity index (χ3n) is 6.60. The lowest BCUT2D eigenvalue weighted by Gasteiger charge is -2.33. The molecular formula is C26H20F6N6O2S. The molecule has 8 nitrogen and oxygen atoms in total. The number of aliphatic hydroxyl groups is 1. The fourth-order valence-electron chi connectivity index (χ4n) is 4.61. The van der Waals surface area contributed by atoms with Gasteiger partial charge in [-0.1, -0.05) is 12.1 Å². The Kier molecular flexibility index (Phi) is 7.58. The maximum Gasteiger partial charge on any atom is 0.416 e. The second-order valence-electron chi connectivity index (χ2n) is 9.35. The maximum absolute atomic E-state index is 13.7. The summed E-state index contributed by atoms with van der Waals surface area (Å²) in [5, 5.41) is 27.1. The van der Waals surface area contributed by atoms with E-state index in [0.29, 0.717) is 46.7 Å². The molecule has 15 heteroatoms. The molecule has 0 radical (unpaired) electrons. The van der Waals surface area contributed by atoms with Gasteiger partial charge in [-0.15, -0.1) is 0 Å². The maximum atomic E-state index is 13.7. The number of alkyl halides is 6. The van der Waals surface area contributed by atoms with Crippen molar-refractivity contribution in [2.45, 2.75) is 24.9 Å². The number of nitriles is 1. The molecule has 5 rings (SSSR count). The smallest absolute Gasteiger partial charge is 0.395 e. The fraction of sp³-hybridized carbons (Fsp3) is 0.308. The summed E-state index contributed by atoms with van der Waals surface area (Å²) in [7, 11) is 0. The molecule has 1 aromatic heterocycles. The average molecular weight is 595 g/mol. The molecule has 1 atom stereocenters. The summed E-state index contributed by atoms with van der Waals surface area (Å²) in [5.41, 5.74) is -2.61. The van der Waals surface area contributed by atoms with Crippen LogP contribution in [-0.2, 0) is 23.7 Å². The number of nitrogens with zero attached hydrogens (tertiary/aromatic N) is 5. The monoisotopic (exact) mass is 594 g/mol. The van der Waals surface area contributed by atoms with E-state index < -0.39 is 41.5 Å². The molecule has 0 saturated carbocycles. The Labute approximate surface area is 232 Å². The zero-order valence-corrected chi connectivity index (χ0v) is 21.7. The zero-order valence-electron chi connectivity index (χ0n) is 20.9. The molecule has 2 aromatic carbocycles. The number of piperazine rings is 1. The van der Waals surface area contributed by atoms with Crippen LogP contribution in [0, 0.1) is 11.3 Å². The molecule has 0 spiro atoms. The third-order valence-corrected chi connectivity index (χ3v) is 7.64. The number of hydrogen-bond donors (Lipinski definition) is 2. The summed E-state index contributed by atoms with van der Waals surface area (Å²) in [4.78, 5) is 18.9. The number of carbonyl (C=O) groups excluding carboxylic acids is 1. The Morgan fingerprint density at radius 3 is 2.61 bits per heavy atom. The van der Waals surface area contributed by atoms with E-state index in [1.807, 2.05) is 11.0 Å².